The second-order valence-electron chi connectivity index (χ2n) is 9.53. The number of benzene rings is 2. The molecule has 11 heteroatoms. The molecule has 3 rings (SSSR count). The molecule has 4 unspecified atom stereocenters. The normalized spacial score (nSPS) is 14.1. The lowest BCUT2D eigenvalue weighted by Gasteiger charge is -2.27. The zero-order valence-electron chi connectivity index (χ0n) is 21.9. The summed E-state index contributed by atoms with van der Waals surface area (Å²) in [5.41, 5.74) is 7.63. The van der Waals surface area contributed by atoms with E-state index < -0.39 is 41.8 Å². The van der Waals surface area contributed by atoms with Crippen LogP contribution >= 0.6 is 0 Å². The number of phenolic OH excluding ortho intramolecular Hbond substituents is 1. The number of phenols is 1. The maximum absolute atomic E-state index is 13.5. The summed E-state index contributed by atoms with van der Waals surface area (Å²) in [6, 6.07) is 10.1. The molecule has 2 aromatic carbocycles. The summed E-state index contributed by atoms with van der Waals surface area (Å²) >= 11 is 0. The Balaban J connectivity index is 1.87. The summed E-state index contributed by atoms with van der Waals surface area (Å²) in [7, 11) is 0. The number of aromatic nitrogens is 1. The van der Waals surface area contributed by atoms with Gasteiger partial charge in [0.1, 0.15) is 23.9 Å². The van der Waals surface area contributed by atoms with Crippen LogP contribution in [0.15, 0.2) is 54.7 Å². The molecule has 1 heterocycles. The maximum Gasteiger partial charge on any atom is 0.326 e. The van der Waals surface area contributed by atoms with E-state index in [2.05, 4.69) is 20.9 Å². The first kappa shape index (κ1) is 29.2. The third-order valence-corrected chi connectivity index (χ3v) is 6.72. The van der Waals surface area contributed by atoms with Crippen LogP contribution in [0.4, 0.5) is 0 Å². The van der Waals surface area contributed by atoms with Gasteiger partial charge in [0.15, 0.2) is 0 Å². The Labute approximate surface area is 226 Å². The fourth-order valence-corrected chi connectivity index (χ4v) is 4.27. The summed E-state index contributed by atoms with van der Waals surface area (Å²) < 4.78 is 0. The summed E-state index contributed by atoms with van der Waals surface area (Å²) in [4.78, 5) is 54.0. The monoisotopic (exact) mass is 537 g/mol. The molecule has 0 saturated heterocycles. The Morgan fingerprint density at radius 2 is 1.59 bits per heavy atom. The highest BCUT2D eigenvalue weighted by atomic mass is 16.4. The molecule has 8 N–H and O–H groups in total. The number of hydrogen-bond acceptors (Lipinski definition) is 6. The van der Waals surface area contributed by atoms with Crippen LogP contribution in [0.5, 0.6) is 5.75 Å². The van der Waals surface area contributed by atoms with Gasteiger partial charge in [-0.25, -0.2) is 4.79 Å². The molecule has 1 aromatic heterocycles. The number of nitrogens with two attached hydrogens (primary N) is 1. The van der Waals surface area contributed by atoms with Crippen LogP contribution in [-0.4, -0.2) is 63.6 Å². The third kappa shape index (κ3) is 7.81. The van der Waals surface area contributed by atoms with Gasteiger partial charge in [-0.3, -0.25) is 14.4 Å². The smallest absolute Gasteiger partial charge is 0.326 e. The van der Waals surface area contributed by atoms with Gasteiger partial charge in [0.05, 0.1) is 6.54 Å². The van der Waals surface area contributed by atoms with Gasteiger partial charge in [0.2, 0.25) is 17.7 Å². The SMILES string of the molecule is CCC(C)C(NC(=O)CN)C(=O)NC(Cc1c[nH]c2ccccc12)C(=O)NC(Cc1ccc(O)cc1)C(=O)O. The fourth-order valence-electron chi connectivity index (χ4n) is 4.27. The van der Waals surface area contributed by atoms with Crippen molar-refractivity contribution in [2.45, 2.75) is 51.2 Å². The van der Waals surface area contributed by atoms with Crippen molar-refractivity contribution in [3.8, 4) is 5.75 Å². The number of aromatic hydroxyl groups is 1. The number of nitrogens with one attached hydrogen (secondary N) is 4. The number of aromatic amines is 1. The molecular formula is C28H35N5O6. The Hall–Kier alpha value is -4.38. The first-order valence-electron chi connectivity index (χ1n) is 12.8. The average molecular weight is 538 g/mol. The number of aliphatic carboxylic acids is 1. The lowest BCUT2D eigenvalue weighted by Crippen LogP contribution is -2.58. The first-order valence-corrected chi connectivity index (χ1v) is 12.8. The maximum atomic E-state index is 13.5. The molecule has 39 heavy (non-hydrogen) atoms. The summed E-state index contributed by atoms with van der Waals surface area (Å²) in [6.07, 6.45) is 2.36. The predicted molar refractivity (Wildman–Crippen MR) is 146 cm³/mol. The van der Waals surface area contributed by atoms with Crippen LogP contribution in [0.2, 0.25) is 0 Å². The zero-order valence-corrected chi connectivity index (χ0v) is 21.9. The van der Waals surface area contributed by atoms with E-state index in [0.717, 1.165) is 16.5 Å². The Morgan fingerprint density at radius 1 is 0.923 bits per heavy atom. The molecule has 0 aliphatic carbocycles. The van der Waals surface area contributed by atoms with E-state index >= 15 is 0 Å². The van der Waals surface area contributed by atoms with Gasteiger partial charge in [-0.1, -0.05) is 50.6 Å². The quantitative estimate of drug-likeness (QED) is 0.171. The Bertz CT molecular complexity index is 1310. The van der Waals surface area contributed by atoms with Gasteiger partial charge < -0.3 is 36.9 Å². The molecule has 4 atom stereocenters. The molecular weight excluding hydrogens is 502 g/mol. The van der Waals surface area contributed by atoms with Gasteiger partial charge >= 0.3 is 5.97 Å². The average Bonchev–Trinajstić information content (AvgIpc) is 3.34. The van der Waals surface area contributed by atoms with Crippen LogP contribution < -0.4 is 21.7 Å². The number of H-pyrrole nitrogens is 1. The number of amides is 3. The number of carboxylic acids is 1. The van der Waals surface area contributed by atoms with Gasteiger partial charge in [0.25, 0.3) is 0 Å². The van der Waals surface area contributed by atoms with E-state index in [-0.39, 0.29) is 31.1 Å². The number of carbonyl (C=O) groups excluding carboxylic acids is 3. The second-order valence-corrected chi connectivity index (χ2v) is 9.53. The van der Waals surface area contributed by atoms with Crippen LogP contribution in [-0.2, 0) is 32.0 Å². The minimum absolute atomic E-state index is 0.0306. The molecule has 0 fully saturated rings. The highest BCUT2D eigenvalue weighted by Gasteiger charge is 2.32. The van der Waals surface area contributed by atoms with Crippen molar-refractivity contribution < 1.29 is 29.4 Å². The molecule has 3 aromatic rings. The van der Waals surface area contributed by atoms with Crippen LogP contribution in [0.25, 0.3) is 10.9 Å². The van der Waals surface area contributed by atoms with Gasteiger partial charge in [-0.15, -0.1) is 0 Å². The van der Waals surface area contributed by atoms with E-state index in [1.807, 2.05) is 31.2 Å². The van der Waals surface area contributed by atoms with E-state index in [4.69, 9.17) is 5.73 Å². The number of carboxylic acid groups (broad SMARTS) is 1. The number of fused-ring (bicyclic) bond motifs is 1. The third-order valence-electron chi connectivity index (χ3n) is 6.72. The van der Waals surface area contributed by atoms with Gasteiger partial charge in [-0.2, -0.15) is 0 Å². The van der Waals surface area contributed by atoms with Gasteiger partial charge in [0, 0.05) is 29.9 Å². The molecule has 3 amide bonds. The van der Waals surface area contributed by atoms with Crippen LogP contribution in [0.1, 0.15) is 31.4 Å². The molecule has 0 aliphatic rings. The fraction of sp³-hybridized carbons (Fsp3) is 0.357. The van der Waals surface area contributed by atoms with E-state index in [1.165, 1.54) is 12.1 Å². The van der Waals surface area contributed by atoms with E-state index in [0.29, 0.717) is 12.0 Å². The number of para-hydroxylation sites is 1. The molecule has 0 spiro atoms. The Morgan fingerprint density at radius 3 is 2.23 bits per heavy atom. The number of hydrogen-bond donors (Lipinski definition) is 7. The van der Waals surface area contributed by atoms with Crippen LogP contribution in [0, 0.1) is 5.92 Å². The zero-order chi connectivity index (χ0) is 28.5. The Kier molecular flexibility index (Phi) is 10.0. The lowest BCUT2D eigenvalue weighted by molar-refractivity contribution is -0.142. The summed E-state index contributed by atoms with van der Waals surface area (Å²) in [6.45, 7) is 3.38. The topological polar surface area (TPSA) is 187 Å². The lowest BCUT2D eigenvalue weighted by atomic mass is 9.97. The largest absolute Gasteiger partial charge is 0.508 e. The van der Waals surface area contributed by atoms with Gasteiger partial charge in [-0.05, 0) is 35.2 Å². The standard InChI is InChI=1S/C28H35N5O6/c1-3-16(2)25(33-24(35)14-29)27(37)31-22(13-18-15-30-21-7-5-4-6-20(18)21)26(36)32-23(28(38)39)12-17-8-10-19(34)11-9-17/h4-11,15-16,22-23,25,30,34H,3,12-14,29H2,1-2H3,(H,31,37)(H,32,36)(H,33,35)(H,38,39). The molecule has 0 radical (unpaired) electrons. The van der Waals surface area contributed by atoms with E-state index in [1.54, 1.807) is 25.3 Å². The number of carbonyl (C=O) groups is 4. The van der Waals surface area contributed by atoms with Crippen molar-refractivity contribution >= 4 is 34.6 Å². The van der Waals surface area contributed by atoms with Crippen molar-refractivity contribution in [3.05, 3.63) is 65.9 Å². The van der Waals surface area contributed by atoms with Crippen molar-refractivity contribution in [2.75, 3.05) is 6.54 Å². The summed E-state index contributed by atoms with van der Waals surface area (Å²) in [5.74, 6) is -3.23. The molecule has 0 bridgehead atoms. The molecule has 0 saturated carbocycles. The van der Waals surface area contributed by atoms with Crippen molar-refractivity contribution in [1.29, 1.82) is 0 Å². The highest BCUT2D eigenvalue weighted by molar-refractivity contribution is 5.94. The first-order chi connectivity index (χ1) is 18.6. The summed E-state index contributed by atoms with van der Waals surface area (Å²) in [5, 5.41) is 28.1. The second kappa shape index (κ2) is 13.4. The van der Waals surface area contributed by atoms with E-state index in [9.17, 15) is 29.4 Å². The predicted octanol–water partition coefficient (Wildman–Crippen LogP) is 1.20. The van der Waals surface area contributed by atoms with Crippen molar-refractivity contribution in [1.82, 2.24) is 20.9 Å². The van der Waals surface area contributed by atoms with Crippen molar-refractivity contribution in [3.63, 3.8) is 0 Å². The van der Waals surface area contributed by atoms with Crippen LogP contribution in [0.3, 0.4) is 0 Å². The number of rotatable bonds is 13. The van der Waals surface area contributed by atoms with Crippen molar-refractivity contribution in [2.24, 2.45) is 11.7 Å². The highest BCUT2D eigenvalue weighted by Crippen LogP contribution is 2.20. The molecule has 208 valence electrons. The molecule has 11 nitrogen and oxygen atoms in total. The molecule has 0 aliphatic heterocycles. The minimum atomic E-state index is -1.29. The minimum Gasteiger partial charge on any atom is -0.508 e.